The zero-order valence-corrected chi connectivity index (χ0v) is 30.9. The number of aromatic nitrogens is 6. The molecule has 220 valence electrons. The van der Waals surface area contributed by atoms with E-state index in [1.807, 2.05) is 83.1 Å². The van der Waals surface area contributed by atoms with Crippen LogP contribution in [0, 0.1) is 20.8 Å². The van der Waals surface area contributed by atoms with Crippen LogP contribution in [-0.2, 0) is 0 Å². The smallest absolute Gasteiger partial charge is 0.400 e. The van der Waals surface area contributed by atoms with Gasteiger partial charge in [0.15, 0.2) is 0 Å². The maximum Gasteiger partial charge on any atom is 1.00 e. The Morgan fingerprint density at radius 2 is 0.780 bits per heavy atom. The molecule has 0 aromatic carbocycles. The quantitative estimate of drug-likeness (QED) is 0.330. The Kier molecular flexibility index (Phi) is 10.1. The van der Waals surface area contributed by atoms with Gasteiger partial charge >= 0.3 is 34.4 Å². The second-order valence-corrected chi connectivity index (χ2v) is 13.5. The number of nitrogens with one attached hydrogen (secondary N) is 3. The van der Waals surface area contributed by atoms with Crippen molar-refractivity contribution in [3.63, 3.8) is 0 Å². The minimum Gasteiger partial charge on any atom is -0.400 e. The van der Waals surface area contributed by atoms with Crippen molar-refractivity contribution in [1.82, 2.24) is 45.0 Å². The van der Waals surface area contributed by atoms with Crippen molar-refractivity contribution in [1.29, 1.82) is 0 Å². The van der Waals surface area contributed by atoms with Gasteiger partial charge in [0.05, 0.1) is 0 Å². The second kappa shape index (κ2) is 12.1. The molecule has 0 saturated carbocycles. The van der Waals surface area contributed by atoms with E-state index in [1.54, 1.807) is 32.0 Å². The predicted molar refractivity (Wildman–Crippen MR) is 162 cm³/mol. The number of carbonyl (C=O) groups is 3. The molecule has 12 nitrogen and oxygen atoms in total. The third-order valence-corrected chi connectivity index (χ3v) is 5.91. The van der Waals surface area contributed by atoms with Crippen LogP contribution in [0.25, 0.3) is 0 Å². The van der Waals surface area contributed by atoms with E-state index in [0.29, 0.717) is 17.1 Å². The van der Waals surface area contributed by atoms with Crippen LogP contribution in [0.1, 0.15) is 111 Å². The maximum absolute atomic E-state index is 13.0. The van der Waals surface area contributed by atoms with Crippen LogP contribution in [0.4, 0.5) is 0 Å². The molecule has 0 saturated heterocycles. The Hall–Kier alpha value is -2.97. The molecule has 3 N–H and O–H groups in total. The largest absolute Gasteiger partial charge is 1.00 e. The fourth-order valence-electron chi connectivity index (χ4n) is 4.32. The van der Waals surface area contributed by atoms with Gasteiger partial charge in [-0.3, -0.25) is 14.4 Å². The monoisotopic (exact) mass is 757 g/mol. The molecule has 3 rings (SSSR count). The average Bonchev–Trinajstić information content (AvgIpc) is 3.43. The van der Waals surface area contributed by atoms with Crippen molar-refractivity contribution >= 4 is 52.1 Å². The van der Waals surface area contributed by atoms with E-state index >= 15 is 0 Å². The summed E-state index contributed by atoms with van der Waals surface area (Å²) in [5, 5.41) is 22.9. The first-order chi connectivity index (χ1) is 18.1. The molecule has 3 aromatic heterocycles. The van der Waals surface area contributed by atoms with Gasteiger partial charge in [0.2, 0.25) is 0 Å². The summed E-state index contributed by atoms with van der Waals surface area (Å²) in [6.45, 7) is 22.6. The molecule has 0 unspecified atom stereocenters. The molecular weight excluding hydrogens is 714 g/mol. The third-order valence-electron chi connectivity index (χ3n) is 5.91. The van der Waals surface area contributed by atoms with Crippen molar-refractivity contribution in [2.24, 2.45) is 0 Å². The van der Waals surface area contributed by atoms with Crippen LogP contribution >= 0.6 is 0 Å². The van der Waals surface area contributed by atoms with Crippen molar-refractivity contribution in [2.75, 3.05) is 0 Å². The summed E-state index contributed by atoms with van der Waals surface area (Å²) < 4.78 is 5.11. The molecule has 0 bridgehead atoms. The molecule has 0 aliphatic carbocycles. The second-order valence-electron chi connectivity index (χ2n) is 13.5. The molecule has 0 fully saturated rings. The van der Waals surface area contributed by atoms with Gasteiger partial charge in [-0.15, -0.1) is 0 Å². The average molecular weight is 757 g/mol. The Balaban J connectivity index is 0.00000588. The molecule has 14 heteroatoms. The molecule has 3 aromatic rings. The topological polar surface area (TPSA) is 141 Å². The SMILES string of the molecule is Cc1cc(C(=O)NC(C)(C)C)nn1[BH-](n1nc(C(=O)NC(C)(C)C)cc1C)n1nc(C(=O)NC(C)(C)C)cc1C.[Tl+]. The zero-order chi connectivity index (χ0) is 30.4. The first-order valence-electron chi connectivity index (χ1n) is 13.5. The van der Waals surface area contributed by atoms with Crippen molar-refractivity contribution < 1.29 is 14.4 Å². The van der Waals surface area contributed by atoms with E-state index in [-0.39, 0.29) is 62.1 Å². The van der Waals surface area contributed by atoms with Crippen LogP contribution in [0.5, 0.6) is 0 Å². The van der Waals surface area contributed by atoms with E-state index in [4.69, 9.17) is 0 Å². The summed E-state index contributed by atoms with van der Waals surface area (Å²) in [6.07, 6.45) is 0. The molecule has 0 atom stereocenters. The number of hydrogen-bond acceptors (Lipinski definition) is 6. The Labute approximate surface area is 262 Å². The van der Waals surface area contributed by atoms with E-state index in [0.717, 1.165) is 0 Å². The predicted octanol–water partition coefficient (Wildman–Crippen LogP) is 2.07. The molecular formula is C27H43BN9O3Tl. The Bertz CT molecular complexity index is 1260. The molecule has 0 aliphatic heterocycles. The van der Waals surface area contributed by atoms with E-state index in [2.05, 4.69) is 31.2 Å². The van der Waals surface area contributed by atoms with E-state index in [1.165, 1.54) is 0 Å². The van der Waals surface area contributed by atoms with Gasteiger partial charge in [-0.25, -0.2) is 15.3 Å². The van der Waals surface area contributed by atoms with Crippen LogP contribution in [0.15, 0.2) is 18.2 Å². The molecule has 3 amide bonds. The van der Waals surface area contributed by atoms with Crippen LogP contribution in [-0.4, -0.2) is 97.8 Å². The van der Waals surface area contributed by atoms with Gasteiger partial charge in [0, 0.05) is 16.6 Å². The van der Waals surface area contributed by atoms with Gasteiger partial charge in [-0.1, -0.05) is 0 Å². The number of hydrogen-bond donors (Lipinski definition) is 3. The number of nitrogens with zero attached hydrogens (tertiary/aromatic N) is 6. The number of carbonyl (C=O) groups excluding carboxylic acids is 3. The van der Waals surface area contributed by atoms with Gasteiger partial charge in [0.1, 0.15) is 17.1 Å². The van der Waals surface area contributed by atoms with Crippen LogP contribution in [0.3, 0.4) is 0 Å². The molecule has 0 aliphatic rings. The van der Waals surface area contributed by atoms with Gasteiger partial charge in [0.25, 0.3) is 17.7 Å². The van der Waals surface area contributed by atoms with E-state index in [9.17, 15) is 14.4 Å². The standard InChI is InChI=1S/C27H43BN9O3.Tl/c1-16-13-19(22(38)29-25(4,5)6)32-35(16)28(36-17(2)14-20(33-36)23(39)30-26(7,8)9)37-18(3)15-21(34-37)24(40)31-27(10,11)12;/h13-15,28H,1-12H3,(H,29,38)(H,30,39)(H,31,40);/q-1;+1. The summed E-state index contributed by atoms with van der Waals surface area (Å²) in [5.74, 6) is -0.924. The summed E-state index contributed by atoms with van der Waals surface area (Å²) in [7, 11) is -2.00. The minimum atomic E-state index is -2.00. The summed E-state index contributed by atoms with van der Waals surface area (Å²) in [5.41, 5.74) is 1.51. The van der Waals surface area contributed by atoms with Crippen LogP contribution < -0.4 is 16.0 Å². The fourth-order valence-corrected chi connectivity index (χ4v) is 4.32. The van der Waals surface area contributed by atoms with Crippen molar-refractivity contribution in [2.45, 2.75) is 99.7 Å². The normalized spacial score (nSPS) is 12.2. The maximum atomic E-state index is 13.0. The fraction of sp³-hybridized carbons (Fsp3) is 0.556. The zero-order valence-electron chi connectivity index (χ0n) is 26.4. The summed E-state index contributed by atoms with van der Waals surface area (Å²) in [4.78, 5) is 38.9. The molecule has 3 heterocycles. The number of amides is 3. The van der Waals surface area contributed by atoms with Crippen LogP contribution in [0.2, 0.25) is 0 Å². The summed E-state index contributed by atoms with van der Waals surface area (Å²) >= 11 is 0. The summed E-state index contributed by atoms with van der Waals surface area (Å²) in [6, 6.07) is 5.12. The minimum absolute atomic E-state index is 0. The van der Waals surface area contributed by atoms with E-state index < -0.39 is 23.7 Å². The third kappa shape index (κ3) is 8.76. The molecule has 0 spiro atoms. The Morgan fingerprint density at radius 1 is 0.561 bits per heavy atom. The van der Waals surface area contributed by atoms with Crippen molar-refractivity contribution in [3.05, 3.63) is 52.4 Å². The Morgan fingerprint density at radius 3 is 0.976 bits per heavy atom. The molecule has 41 heavy (non-hydrogen) atoms. The first kappa shape index (κ1) is 34.2. The van der Waals surface area contributed by atoms with Gasteiger partial charge < -0.3 is 29.7 Å². The number of aryl methyl sites for hydroxylation is 3. The first-order valence-corrected chi connectivity index (χ1v) is 13.5. The van der Waals surface area contributed by atoms with Crippen molar-refractivity contribution in [3.8, 4) is 0 Å². The van der Waals surface area contributed by atoms with Gasteiger partial charge in [-0.05, 0) is 118 Å². The molecule has 0 radical (unpaired) electrons. The number of rotatable bonds is 6. The van der Waals surface area contributed by atoms with Gasteiger partial charge in [-0.2, -0.15) is 0 Å².